The first-order valence-corrected chi connectivity index (χ1v) is 6.93. The Morgan fingerprint density at radius 1 is 1.25 bits per heavy atom. The van der Waals surface area contributed by atoms with Crippen LogP contribution in [0.3, 0.4) is 0 Å². The number of H-pyrrole nitrogens is 1. The van der Waals surface area contributed by atoms with Crippen LogP contribution < -0.4 is 10.1 Å². The van der Waals surface area contributed by atoms with Crippen molar-refractivity contribution < 1.29 is 9.84 Å². The summed E-state index contributed by atoms with van der Waals surface area (Å²) in [4.78, 5) is 3.04. The van der Waals surface area contributed by atoms with Crippen LogP contribution in [0.4, 0.5) is 0 Å². The summed E-state index contributed by atoms with van der Waals surface area (Å²) in [5.41, 5.74) is 2.10. The van der Waals surface area contributed by atoms with Gasteiger partial charge < -0.3 is 20.1 Å². The second kappa shape index (κ2) is 7.12. The summed E-state index contributed by atoms with van der Waals surface area (Å²) in [6.45, 7) is 4.91. The van der Waals surface area contributed by atoms with Crippen LogP contribution in [0, 0.1) is 0 Å². The lowest BCUT2D eigenvalue weighted by Crippen LogP contribution is -2.35. The maximum absolute atomic E-state index is 9.89. The van der Waals surface area contributed by atoms with E-state index in [4.69, 9.17) is 4.74 Å². The predicted molar refractivity (Wildman–Crippen MR) is 80.9 cm³/mol. The van der Waals surface area contributed by atoms with Crippen molar-refractivity contribution in [2.45, 2.75) is 26.0 Å². The zero-order valence-corrected chi connectivity index (χ0v) is 12.0. The average Bonchev–Trinajstić information content (AvgIpc) is 2.97. The lowest BCUT2D eigenvalue weighted by atomic mass is 10.1. The molecule has 0 spiro atoms. The van der Waals surface area contributed by atoms with Gasteiger partial charge in [0.05, 0.1) is 0 Å². The normalized spacial score (nSPS) is 12.6. The van der Waals surface area contributed by atoms with Crippen molar-refractivity contribution in [1.82, 2.24) is 10.3 Å². The van der Waals surface area contributed by atoms with Crippen LogP contribution in [-0.2, 0) is 0 Å². The Kier molecular flexibility index (Phi) is 5.21. The fourth-order valence-corrected chi connectivity index (χ4v) is 1.94. The molecule has 4 heteroatoms. The van der Waals surface area contributed by atoms with Gasteiger partial charge in [0.15, 0.2) is 0 Å². The first-order chi connectivity index (χ1) is 9.66. The van der Waals surface area contributed by atoms with E-state index >= 15 is 0 Å². The molecular formula is C16H22N2O2. The number of aliphatic hydroxyl groups excluding tert-OH is 1. The molecule has 0 aliphatic carbocycles. The minimum absolute atomic E-state index is 0.279. The fraction of sp³-hybridized carbons (Fsp3) is 0.375. The Balaban J connectivity index is 1.96. The molecule has 0 fully saturated rings. The Morgan fingerprint density at radius 3 is 2.75 bits per heavy atom. The lowest BCUT2D eigenvalue weighted by Gasteiger charge is -2.16. The zero-order chi connectivity index (χ0) is 14.4. The molecule has 1 heterocycles. The van der Waals surface area contributed by atoms with Gasteiger partial charge in [0.25, 0.3) is 0 Å². The topological polar surface area (TPSA) is 57.3 Å². The number of benzene rings is 1. The van der Waals surface area contributed by atoms with Crippen molar-refractivity contribution >= 4 is 0 Å². The fourth-order valence-electron chi connectivity index (χ4n) is 1.94. The third kappa shape index (κ3) is 4.11. The summed E-state index contributed by atoms with van der Waals surface area (Å²) in [5, 5.41) is 13.1. The molecule has 2 rings (SSSR count). The van der Waals surface area contributed by atoms with Crippen molar-refractivity contribution in [3.63, 3.8) is 0 Å². The molecule has 0 amide bonds. The van der Waals surface area contributed by atoms with Crippen molar-refractivity contribution in [3.05, 3.63) is 42.7 Å². The van der Waals surface area contributed by atoms with E-state index in [1.807, 2.05) is 42.7 Å². The Labute approximate surface area is 119 Å². The van der Waals surface area contributed by atoms with E-state index in [0.717, 1.165) is 16.9 Å². The molecule has 0 aliphatic rings. The van der Waals surface area contributed by atoms with E-state index < -0.39 is 6.10 Å². The van der Waals surface area contributed by atoms with Gasteiger partial charge in [-0.15, -0.1) is 0 Å². The van der Waals surface area contributed by atoms with E-state index in [9.17, 15) is 5.11 Å². The largest absolute Gasteiger partial charge is 0.490 e. The first kappa shape index (κ1) is 14.6. The number of aromatic amines is 1. The van der Waals surface area contributed by atoms with Gasteiger partial charge in [-0.2, -0.15) is 0 Å². The standard InChI is InChI=1S/C16H22N2O2/c1-12(2)18-10-14(19)11-20-16-6-4-3-5-15(16)13-7-8-17-9-13/h3-9,12,14,17-19H,10-11H2,1-2H3. The highest BCUT2D eigenvalue weighted by Crippen LogP contribution is 2.29. The Hall–Kier alpha value is -1.78. The van der Waals surface area contributed by atoms with Gasteiger partial charge in [0.2, 0.25) is 0 Å². The van der Waals surface area contributed by atoms with Crippen LogP contribution in [0.25, 0.3) is 11.1 Å². The number of aliphatic hydroxyl groups is 1. The van der Waals surface area contributed by atoms with Gasteiger partial charge in [0, 0.05) is 36.1 Å². The second-order valence-corrected chi connectivity index (χ2v) is 5.12. The highest BCUT2D eigenvalue weighted by atomic mass is 16.5. The number of hydrogen-bond acceptors (Lipinski definition) is 3. The van der Waals surface area contributed by atoms with Crippen LogP contribution in [0.5, 0.6) is 5.75 Å². The summed E-state index contributed by atoms with van der Waals surface area (Å²) in [6, 6.07) is 10.2. The first-order valence-electron chi connectivity index (χ1n) is 6.93. The highest BCUT2D eigenvalue weighted by Gasteiger charge is 2.09. The van der Waals surface area contributed by atoms with Gasteiger partial charge in [-0.25, -0.2) is 0 Å². The van der Waals surface area contributed by atoms with E-state index in [2.05, 4.69) is 24.1 Å². The van der Waals surface area contributed by atoms with Gasteiger partial charge in [-0.1, -0.05) is 32.0 Å². The van der Waals surface area contributed by atoms with Crippen LogP contribution in [0.1, 0.15) is 13.8 Å². The highest BCUT2D eigenvalue weighted by molar-refractivity contribution is 5.69. The molecule has 20 heavy (non-hydrogen) atoms. The molecule has 4 nitrogen and oxygen atoms in total. The van der Waals surface area contributed by atoms with Gasteiger partial charge in [-0.3, -0.25) is 0 Å². The van der Waals surface area contributed by atoms with Gasteiger partial charge in [-0.05, 0) is 12.1 Å². The molecule has 1 atom stereocenters. The molecule has 1 aromatic carbocycles. The Morgan fingerprint density at radius 2 is 2.05 bits per heavy atom. The molecule has 2 aromatic rings. The molecule has 108 valence electrons. The van der Waals surface area contributed by atoms with Crippen LogP contribution in [0.15, 0.2) is 42.7 Å². The molecule has 1 unspecified atom stereocenters. The van der Waals surface area contributed by atoms with E-state index in [0.29, 0.717) is 12.6 Å². The van der Waals surface area contributed by atoms with E-state index in [1.54, 1.807) is 0 Å². The number of hydrogen-bond donors (Lipinski definition) is 3. The van der Waals surface area contributed by atoms with Crippen LogP contribution in [0.2, 0.25) is 0 Å². The predicted octanol–water partition coefficient (Wildman–Crippen LogP) is 2.42. The minimum Gasteiger partial charge on any atom is -0.490 e. The average molecular weight is 274 g/mol. The molecule has 0 radical (unpaired) electrons. The number of aromatic nitrogens is 1. The molecule has 0 saturated carbocycles. The van der Waals surface area contributed by atoms with Crippen LogP contribution >= 0.6 is 0 Å². The maximum atomic E-state index is 9.89. The van der Waals surface area contributed by atoms with Crippen molar-refractivity contribution in [2.24, 2.45) is 0 Å². The third-order valence-corrected chi connectivity index (χ3v) is 2.99. The number of nitrogens with one attached hydrogen (secondary N) is 2. The third-order valence-electron chi connectivity index (χ3n) is 2.99. The molecule has 0 aliphatic heterocycles. The smallest absolute Gasteiger partial charge is 0.127 e. The summed E-state index contributed by atoms with van der Waals surface area (Å²) >= 11 is 0. The maximum Gasteiger partial charge on any atom is 0.127 e. The number of ether oxygens (including phenoxy) is 1. The van der Waals surface area contributed by atoms with Gasteiger partial charge >= 0.3 is 0 Å². The minimum atomic E-state index is -0.517. The van der Waals surface area contributed by atoms with Crippen molar-refractivity contribution in [2.75, 3.05) is 13.2 Å². The SMILES string of the molecule is CC(C)NCC(O)COc1ccccc1-c1cc[nH]c1. The molecule has 0 bridgehead atoms. The molecule has 1 aromatic heterocycles. The number of para-hydroxylation sites is 1. The van der Waals surface area contributed by atoms with Crippen molar-refractivity contribution in [3.8, 4) is 16.9 Å². The Bertz CT molecular complexity index is 509. The molecule has 0 saturated heterocycles. The van der Waals surface area contributed by atoms with E-state index in [1.165, 1.54) is 0 Å². The van der Waals surface area contributed by atoms with Crippen molar-refractivity contribution in [1.29, 1.82) is 0 Å². The summed E-state index contributed by atoms with van der Waals surface area (Å²) in [6.07, 6.45) is 3.29. The van der Waals surface area contributed by atoms with E-state index in [-0.39, 0.29) is 6.61 Å². The lowest BCUT2D eigenvalue weighted by molar-refractivity contribution is 0.105. The summed E-state index contributed by atoms with van der Waals surface area (Å²) < 4.78 is 5.75. The number of rotatable bonds is 7. The zero-order valence-electron chi connectivity index (χ0n) is 12.0. The molecular weight excluding hydrogens is 252 g/mol. The quantitative estimate of drug-likeness (QED) is 0.727. The monoisotopic (exact) mass is 274 g/mol. The second-order valence-electron chi connectivity index (χ2n) is 5.12. The summed E-state index contributed by atoms with van der Waals surface area (Å²) in [5.74, 6) is 0.788. The summed E-state index contributed by atoms with van der Waals surface area (Å²) in [7, 11) is 0. The molecule has 3 N–H and O–H groups in total. The van der Waals surface area contributed by atoms with Gasteiger partial charge in [0.1, 0.15) is 18.5 Å². The van der Waals surface area contributed by atoms with Crippen LogP contribution in [-0.4, -0.2) is 35.4 Å².